The van der Waals surface area contributed by atoms with Crippen LogP contribution < -0.4 is 0 Å². The molecule has 0 aromatic heterocycles. The summed E-state index contributed by atoms with van der Waals surface area (Å²) in [6.45, 7) is 0. The van der Waals surface area contributed by atoms with Gasteiger partial charge < -0.3 is 0 Å². The largest absolute Gasteiger partial charge is 0.0823 e. The Morgan fingerprint density at radius 2 is 1.67 bits per heavy atom. The van der Waals surface area contributed by atoms with Crippen LogP contribution in [-0.4, -0.2) is 0 Å². The highest BCUT2D eigenvalue weighted by Gasteiger charge is 1.96. The number of hydrogen-bond donors (Lipinski definition) is 0. The average Bonchev–Trinajstić information content (AvgIpc) is 2.17. The monoisotopic (exact) mass is 219 g/mol. The van der Waals surface area contributed by atoms with E-state index in [1.165, 1.54) is 16.3 Å². The molecule has 0 nitrogen and oxygen atoms in total. The van der Waals surface area contributed by atoms with E-state index in [0.717, 1.165) is 0 Å². The molecule has 0 fully saturated rings. The maximum atomic E-state index is 3.35. The first-order valence-corrected chi connectivity index (χ1v) is 4.74. The molecule has 0 saturated carbocycles. The zero-order valence-electron chi connectivity index (χ0n) is 6.50. The molecule has 0 heterocycles. The van der Waals surface area contributed by atoms with Gasteiger partial charge in [-0.15, -0.1) is 0 Å². The van der Waals surface area contributed by atoms with Gasteiger partial charge in [-0.05, 0) is 16.3 Å². The summed E-state index contributed by atoms with van der Waals surface area (Å²) in [6, 6.07) is 14.6. The zero-order valence-corrected chi connectivity index (χ0v) is 8.08. The lowest BCUT2D eigenvalue weighted by atomic mass is 10.1. The van der Waals surface area contributed by atoms with Crippen LogP contribution in [0.1, 0.15) is 5.56 Å². The molecule has 2 aromatic carbocycles. The minimum atomic E-state index is 1.23. The second-order valence-electron chi connectivity index (χ2n) is 2.68. The molecule has 0 saturated heterocycles. The quantitative estimate of drug-likeness (QED) is 0.686. The third kappa shape index (κ3) is 1.25. The summed E-state index contributed by atoms with van der Waals surface area (Å²) in [5.74, 6) is 0. The predicted octanol–water partition coefficient (Wildman–Crippen LogP) is 3.74. The maximum Gasteiger partial charge on any atom is 0.0567 e. The van der Waals surface area contributed by atoms with E-state index in [1.54, 1.807) is 0 Å². The van der Waals surface area contributed by atoms with Crippen LogP contribution in [0.3, 0.4) is 0 Å². The summed E-state index contributed by atoms with van der Waals surface area (Å²) in [4.78, 5) is 0. The molecule has 1 heteroatoms. The van der Waals surface area contributed by atoms with Crippen LogP contribution in [0.25, 0.3) is 10.8 Å². The first kappa shape index (κ1) is 7.81. The fraction of sp³-hybridized carbons (Fsp3) is 0. The maximum absolute atomic E-state index is 3.35. The molecule has 0 N–H and O–H groups in total. The predicted molar refractivity (Wildman–Crippen MR) is 56.3 cm³/mol. The normalized spacial score (nSPS) is 10.4. The second-order valence-corrected chi connectivity index (χ2v) is 3.14. The van der Waals surface area contributed by atoms with E-state index >= 15 is 0 Å². The molecule has 0 amide bonds. The van der Waals surface area contributed by atoms with Gasteiger partial charge in [-0.3, -0.25) is 0 Å². The van der Waals surface area contributed by atoms with E-state index in [9.17, 15) is 0 Å². The van der Waals surface area contributed by atoms with Crippen molar-refractivity contribution in [3.63, 3.8) is 0 Å². The van der Waals surface area contributed by atoms with Gasteiger partial charge in [-0.25, -0.2) is 0 Å². The van der Waals surface area contributed by atoms with Crippen molar-refractivity contribution in [2.75, 3.05) is 0 Å². The van der Waals surface area contributed by atoms with Crippen molar-refractivity contribution in [3.8, 4) is 0 Å². The lowest BCUT2D eigenvalue weighted by Crippen LogP contribution is -1.78. The molecule has 0 spiro atoms. The molecular formula is C11H8Br. The average molecular weight is 220 g/mol. The van der Waals surface area contributed by atoms with E-state index in [0.29, 0.717) is 0 Å². The Morgan fingerprint density at radius 1 is 0.917 bits per heavy atom. The molecule has 0 bridgehead atoms. The third-order valence-electron chi connectivity index (χ3n) is 1.94. The van der Waals surface area contributed by atoms with E-state index in [2.05, 4.69) is 58.4 Å². The summed E-state index contributed by atoms with van der Waals surface area (Å²) in [5.41, 5.74) is 1.23. The highest BCUT2D eigenvalue weighted by molar-refractivity contribution is 9.10. The Morgan fingerprint density at radius 3 is 2.50 bits per heavy atom. The molecule has 0 atom stereocenters. The van der Waals surface area contributed by atoms with Gasteiger partial charge in [-0.1, -0.05) is 58.4 Å². The highest BCUT2D eigenvalue weighted by Crippen LogP contribution is 2.21. The Hall–Kier alpha value is -0.820. The molecule has 0 aliphatic heterocycles. The van der Waals surface area contributed by atoms with Gasteiger partial charge >= 0.3 is 0 Å². The van der Waals surface area contributed by atoms with Crippen LogP contribution in [0.15, 0.2) is 42.5 Å². The molecule has 0 aliphatic carbocycles. The number of rotatable bonds is 1. The van der Waals surface area contributed by atoms with Crippen molar-refractivity contribution >= 4 is 26.7 Å². The lowest BCUT2D eigenvalue weighted by Gasteiger charge is -2.01. The van der Waals surface area contributed by atoms with Gasteiger partial charge in [0, 0.05) is 0 Å². The third-order valence-corrected chi connectivity index (χ3v) is 2.43. The molecule has 59 valence electrons. The summed E-state index contributed by atoms with van der Waals surface area (Å²) < 4.78 is 0. The first-order chi connectivity index (χ1) is 5.92. The van der Waals surface area contributed by atoms with Crippen molar-refractivity contribution in [1.82, 2.24) is 0 Å². The molecule has 0 unspecified atom stereocenters. The first-order valence-electron chi connectivity index (χ1n) is 3.83. The van der Waals surface area contributed by atoms with Gasteiger partial charge in [-0.2, -0.15) is 0 Å². The van der Waals surface area contributed by atoms with E-state index < -0.39 is 0 Å². The van der Waals surface area contributed by atoms with Crippen molar-refractivity contribution in [2.24, 2.45) is 0 Å². The summed E-state index contributed by atoms with van der Waals surface area (Å²) in [5, 5.41) is 4.53. The summed E-state index contributed by atoms with van der Waals surface area (Å²) in [6.07, 6.45) is 0. The van der Waals surface area contributed by atoms with Crippen molar-refractivity contribution in [3.05, 3.63) is 53.4 Å². The van der Waals surface area contributed by atoms with E-state index in [-0.39, 0.29) is 0 Å². The van der Waals surface area contributed by atoms with Crippen LogP contribution in [0.4, 0.5) is 0 Å². The van der Waals surface area contributed by atoms with Crippen LogP contribution in [0.2, 0.25) is 0 Å². The highest BCUT2D eigenvalue weighted by atomic mass is 79.9. The lowest BCUT2D eigenvalue weighted by molar-refractivity contribution is 1.66. The molecular weight excluding hydrogens is 212 g/mol. The van der Waals surface area contributed by atoms with Crippen LogP contribution in [0, 0.1) is 5.33 Å². The van der Waals surface area contributed by atoms with Crippen LogP contribution in [-0.2, 0) is 0 Å². The van der Waals surface area contributed by atoms with Gasteiger partial charge in [0.05, 0.1) is 5.33 Å². The Kier molecular flexibility index (Phi) is 2.13. The van der Waals surface area contributed by atoms with Crippen molar-refractivity contribution in [2.45, 2.75) is 0 Å². The number of benzene rings is 2. The molecule has 0 aliphatic rings. The minimum absolute atomic E-state index is 1.23. The standard InChI is InChI=1S/C11H8Br/c12-8-10-6-3-5-9-4-1-2-7-11(9)10/h1-8H. The zero-order chi connectivity index (χ0) is 8.39. The number of fused-ring (bicyclic) bond motifs is 1. The number of hydrogen-bond acceptors (Lipinski definition) is 0. The second kappa shape index (κ2) is 3.28. The van der Waals surface area contributed by atoms with E-state index in [1.807, 2.05) is 5.33 Å². The van der Waals surface area contributed by atoms with Crippen LogP contribution >= 0.6 is 15.9 Å². The molecule has 12 heavy (non-hydrogen) atoms. The van der Waals surface area contributed by atoms with Gasteiger partial charge in [0.25, 0.3) is 0 Å². The fourth-order valence-electron chi connectivity index (χ4n) is 1.35. The number of halogens is 1. The van der Waals surface area contributed by atoms with Crippen molar-refractivity contribution in [1.29, 1.82) is 0 Å². The Bertz CT molecular complexity index is 388. The smallest absolute Gasteiger partial charge is 0.0567 e. The summed E-state index contributed by atoms with van der Waals surface area (Å²) in [7, 11) is 0. The molecule has 2 rings (SSSR count). The van der Waals surface area contributed by atoms with Crippen molar-refractivity contribution < 1.29 is 0 Å². The van der Waals surface area contributed by atoms with E-state index in [4.69, 9.17) is 0 Å². The Labute approximate surface area is 80.3 Å². The van der Waals surface area contributed by atoms with Gasteiger partial charge in [0.2, 0.25) is 0 Å². The van der Waals surface area contributed by atoms with Gasteiger partial charge in [0.1, 0.15) is 0 Å². The topological polar surface area (TPSA) is 0 Å². The SMILES string of the molecule is Br[CH]c1cccc2ccccc12. The Balaban J connectivity index is 2.79. The molecule has 1 radical (unpaired) electrons. The fourth-order valence-corrected chi connectivity index (χ4v) is 1.74. The van der Waals surface area contributed by atoms with Gasteiger partial charge in [0.15, 0.2) is 0 Å². The minimum Gasteiger partial charge on any atom is -0.0823 e. The van der Waals surface area contributed by atoms with Crippen LogP contribution in [0.5, 0.6) is 0 Å². The summed E-state index contributed by atoms with van der Waals surface area (Å²) >= 11 is 3.35. The molecule has 2 aromatic rings.